The number of carboxylic acid groups (broad SMARTS) is 1. The molecule has 108 valence electrons. The van der Waals surface area contributed by atoms with Gasteiger partial charge in [0, 0.05) is 18.5 Å². The van der Waals surface area contributed by atoms with Gasteiger partial charge in [0.25, 0.3) is 0 Å². The molecule has 19 heavy (non-hydrogen) atoms. The maximum Gasteiger partial charge on any atom is 0.314 e. The first-order chi connectivity index (χ1) is 8.92. The van der Waals surface area contributed by atoms with Gasteiger partial charge in [0.05, 0.1) is 6.42 Å². The molecule has 0 aromatic rings. The summed E-state index contributed by atoms with van der Waals surface area (Å²) in [5.74, 6) is -0.909. The maximum absolute atomic E-state index is 11.5. The predicted molar refractivity (Wildman–Crippen MR) is 74.0 cm³/mol. The number of hydrogen-bond acceptors (Lipinski definition) is 2. The van der Waals surface area contributed by atoms with Gasteiger partial charge in [-0.25, -0.2) is 4.79 Å². The van der Waals surface area contributed by atoms with Crippen molar-refractivity contribution in [3.63, 3.8) is 0 Å². The molecule has 0 radical (unpaired) electrons. The third-order valence-electron chi connectivity index (χ3n) is 3.48. The first-order valence-corrected chi connectivity index (χ1v) is 6.85. The van der Waals surface area contributed by atoms with Gasteiger partial charge < -0.3 is 15.7 Å². The zero-order valence-electron chi connectivity index (χ0n) is 11.8. The second kappa shape index (κ2) is 7.16. The van der Waals surface area contributed by atoms with E-state index >= 15 is 0 Å². The Balaban J connectivity index is 2.31. The molecule has 3 N–H and O–H groups in total. The molecule has 0 spiro atoms. The Kier molecular flexibility index (Phi) is 5.86. The fourth-order valence-electron chi connectivity index (χ4n) is 2.21. The van der Waals surface area contributed by atoms with E-state index in [1.165, 1.54) is 18.4 Å². The average Bonchev–Trinajstić information content (AvgIpc) is 2.37. The van der Waals surface area contributed by atoms with Crippen molar-refractivity contribution in [2.75, 3.05) is 13.1 Å². The lowest BCUT2D eigenvalue weighted by Gasteiger charge is -2.30. The van der Waals surface area contributed by atoms with Crippen molar-refractivity contribution in [1.82, 2.24) is 10.6 Å². The van der Waals surface area contributed by atoms with Gasteiger partial charge in [0.1, 0.15) is 0 Å². The number of urea groups is 1. The van der Waals surface area contributed by atoms with Crippen LogP contribution < -0.4 is 10.6 Å². The van der Waals surface area contributed by atoms with Crippen LogP contribution in [-0.2, 0) is 4.79 Å². The smallest absolute Gasteiger partial charge is 0.314 e. The standard InChI is InChI=1S/C14H24N2O3/c1-14(2,11-6-4-3-5-7-11)10-16-13(19)15-9-8-12(17)18/h6H,3-5,7-10H2,1-2H3,(H,17,18)(H2,15,16,19). The maximum atomic E-state index is 11.5. The number of hydrogen-bond donors (Lipinski definition) is 3. The van der Waals surface area contributed by atoms with Gasteiger partial charge in [-0.3, -0.25) is 4.79 Å². The molecule has 0 aliphatic heterocycles. The van der Waals surface area contributed by atoms with Crippen LogP contribution in [0.4, 0.5) is 4.79 Å². The second-order valence-electron chi connectivity index (χ2n) is 5.61. The van der Waals surface area contributed by atoms with Gasteiger partial charge in [-0.15, -0.1) is 0 Å². The number of amides is 2. The highest BCUT2D eigenvalue weighted by Gasteiger charge is 2.24. The van der Waals surface area contributed by atoms with Crippen molar-refractivity contribution in [1.29, 1.82) is 0 Å². The largest absolute Gasteiger partial charge is 0.481 e. The van der Waals surface area contributed by atoms with Gasteiger partial charge in [-0.2, -0.15) is 0 Å². The summed E-state index contributed by atoms with van der Waals surface area (Å²) >= 11 is 0. The van der Waals surface area contributed by atoms with E-state index in [2.05, 4.69) is 30.6 Å². The minimum absolute atomic E-state index is 0.0371. The van der Waals surface area contributed by atoms with E-state index < -0.39 is 5.97 Å². The highest BCUT2D eigenvalue weighted by atomic mass is 16.4. The third kappa shape index (κ3) is 5.77. The normalized spacial score (nSPS) is 15.6. The quantitative estimate of drug-likeness (QED) is 0.647. The predicted octanol–water partition coefficient (Wildman–Crippen LogP) is 2.29. The van der Waals surface area contributed by atoms with Crippen molar-refractivity contribution in [3.05, 3.63) is 11.6 Å². The van der Waals surface area contributed by atoms with Crippen LogP contribution in [0.3, 0.4) is 0 Å². The van der Waals surface area contributed by atoms with Crippen molar-refractivity contribution in [2.45, 2.75) is 46.0 Å². The Labute approximate surface area is 114 Å². The molecule has 2 amide bonds. The van der Waals surface area contributed by atoms with Crippen molar-refractivity contribution in [2.24, 2.45) is 5.41 Å². The van der Waals surface area contributed by atoms with Crippen LogP contribution in [0.15, 0.2) is 11.6 Å². The van der Waals surface area contributed by atoms with E-state index in [0.29, 0.717) is 6.54 Å². The summed E-state index contributed by atoms with van der Waals surface area (Å²) < 4.78 is 0. The number of carbonyl (C=O) groups is 2. The van der Waals surface area contributed by atoms with E-state index in [4.69, 9.17) is 5.11 Å². The lowest BCUT2D eigenvalue weighted by Crippen LogP contribution is -2.42. The molecule has 1 rings (SSSR count). The first kappa shape index (κ1) is 15.5. The minimum Gasteiger partial charge on any atom is -0.481 e. The van der Waals surface area contributed by atoms with E-state index in [-0.39, 0.29) is 24.4 Å². The van der Waals surface area contributed by atoms with Crippen LogP contribution in [0.25, 0.3) is 0 Å². The lowest BCUT2D eigenvalue weighted by atomic mass is 9.78. The molecule has 0 saturated carbocycles. The molecule has 0 heterocycles. The van der Waals surface area contributed by atoms with Crippen LogP contribution in [0.2, 0.25) is 0 Å². The number of aliphatic carboxylic acids is 1. The van der Waals surface area contributed by atoms with Gasteiger partial charge in [-0.05, 0) is 25.7 Å². The van der Waals surface area contributed by atoms with Gasteiger partial charge in [0.15, 0.2) is 0 Å². The van der Waals surface area contributed by atoms with Crippen molar-refractivity contribution >= 4 is 12.0 Å². The zero-order chi connectivity index (χ0) is 14.3. The molecule has 0 saturated heterocycles. The molecule has 0 atom stereocenters. The average molecular weight is 268 g/mol. The van der Waals surface area contributed by atoms with Gasteiger partial charge >= 0.3 is 12.0 Å². The molecule has 5 heteroatoms. The second-order valence-corrected chi connectivity index (χ2v) is 5.61. The summed E-state index contributed by atoms with van der Waals surface area (Å²) in [4.78, 5) is 21.8. The van der Waals surface area contributed by atoms with E-state index in [1.807, 2.05) is 0 Å². The molecule has 0 aromatic heterocycles. The SMILES string of the molecule is CC(C)(CNC(=O)NCCC(=O)O)C1=CCCCC1. The molecule has 1 aliphatic carbocycles. The number of carbonyl (C=O) groups excluding carboxylic acids is 1. The Morgan fingerprint density at radius 2 is 2.05 bits per heavy atom. The van der Waals surface area contributed by atoms with E-state index in [0.717, 1.165) is 12.8 Å². The summed E-state index contributed by atoms with van der Waals surface area (Å²) in [6, 6.07) is -0.300. The van der Waals surface area contributed by atoms with Crippen LogP contribution in [0.5, 0.6) is 0 Å². The fraction of sp³-hybridized carbons (Fsp3) is 0.714. The van der Waals surface area contributed by atoms with Crippen LogP contribution >= 0.6 is 0 Å². The molecule has 5 nitrogen and oxygen atoms in total. The van der Waals surface area contributed by atoms with E-state index in [9.17, 15) is 9.59 Å². The number of nitrogens with one attached hydrogen (secondary N) is 2. The minimum atomic E-state index is -0.909. The first-order valence-electron chi connectivity index (χ1n) is 6.85. The Bertz CT molecular complexity index is 362. The fourth-order valence-corrected chi connectivity index (χ4v) is 2.21. The van der Waals surface area contributed by atoms with Gasteiger partial charge in [0.2, 0.25) is 0 Å². The van der Waals surface area contributed by atoms with Crippen molar-refractivity contribution in [3.8, 4) is 0 Å². The molecule has 0 fully saturated rings. The third-order valence-corrected chi connectivity index (χ3v) is 3.48. The Morgan fingerprint density at radius 3 is 2.63 bits per heavy atom. The number of carboxylic acids is 1. The summed E-state index contributed by atoms with van der Waals surface area (Å²) in [6.45, 7) is 4.98. The molecule has 0 bridgehead atoms. The van der Waals surface area contributed by atoms with Crippen molar-refractivity contribution < 1.29 is 14.7 Å². The monoisotopic (exact) mass is 268 g/mol. The molecule has 0 unspecified atom stereocenters. The topological polar surface area (TPSA) is 78.4 Å². The molecular formula is C14H24N2O3. The Morgan fingerprint density at radius 1 is 1.32 bits per heavy atom. The van der Waals surface area contributed by atoms with Gasteiger partial charge in [-0.1, -0.05) is 25.5 Å². The number of allylic oxidation sites excluding steroid dienone is 1. The summed E-state index contributed by atoms with van der Waals surface area (Å²) in [5, 5.41) is 13.8. The highest BCUT2D eigenvalue weighted by Crippen LogP contribution is 2.33. The lowest BCUT2D eigenvalue weighted by molar-refractivity contribution is -0.136. The highest BCUT2D eigenvalue weighted by molar-refractivity contribution is 5.75. The summed E-state index contributed by atoms with van der Waals surface area (Å²) in [5.41, 5.74) is 1.37. The van der Waals surface area contributed by atoms with E-state index in [1.54, 1.807) is 0 Å². The van der Waals surface area contributed by atoms with Crippen LogP contribution in [0, 0.1) is 5.41 Å². The summed E-state index contributed by atoms with van der Waals surface area (Å²) in [7, 11) is 0. The molecule has 0 aromatic carbocycles. The van der Waals surface area contributed by atoms with Crippen LogP contribution in [0.1, 0.15) is 46.0 Å². The summed E-state index contributed by atoms with van der Waals surface area (Å²) in [6.07, 6.45) is 6.94. The molecule has 1 aliphatic rings. The van der Waals surface area contributed by atoms with Crippen LogP contribution in [-0.4, -0.2) is 30.2 Å². The Hall–Kier alpha value is -1.52. The zero-order valence-corrected chi connectivity index (χ0v) is 11.8. The molecular weight excluding hydrogens is 244 g/mol. The number of rotatable bonds is 6.